The molecular weight excluding hydrogens is 408 g/mol. The third kappa shape index (κ3) is 4.01. The topological polar surface area (TPSA) is 107 Å². The number of benzene rings is 1. The molecule has 1 N–H and O–H groups in total. The highest BCUT2D eigenvalue weighted by atomic mass is 35.5. The van der Waals surface area contributed by atoms with Crippen LogP contribution in [0.25, 0.3) is 0 Å². The van der Waals surface area contributed by atoms with Gasteiger partial charge in [-0.05, 0) is 25.5 Å². The highest BCUT2D eigenvalue weighted by Crippen LogP contribution is 2.36. The molecule has 0 spiro atoms. The third-order valence-corrected chi connectivity index (χ3v) is 6.08. The molecule has 0 amide bonds. The van der Waals surface area contributed by atoms with E-state index in [1.54, 1.807) is 6.92 Å². The molecule has 0 bridgehead atoms. The predicted molar refractivity (Wildman–Crippen MR) is 103 cm³/mol. The Morgan fingerprint density at radius 2 is 2.11 bits per heavy atom. The number of hydrogen-bond acceptors (Lipinski definition) is 6. The van der Waals surface area contributed by atoms with Crippen LogP contribution in [0.1, 0.15) is 35.7 Å². The Labute approximate surface area is 167 Å². The third-order valence-electron chi connectivity index (χ3n) is 4.59. The number of nitrogens with zero attached hydrogens (tertiary/aromatic N) is 1. The largest absolute Gasteiger partial charge is 0.491 e. The van der Waals surface area contributed by atoms with E-state index in [0.29, 0.717) is 19.6 Å². The number of sulfone groups is 1. The van der Waals surface area contributed by atoms with Gasteiger partial charge in [0.25, 0.3) is 5.56 Å². The number of aryl methyl sites for hydroxylation is 1. The van der Waals surface area contributed by atoms with Gasteiger partial charge < -0.3 is 14.6 Å². The summed E-state index contributed by atoms with van der Waals surface area (Å²) in [6.07, 6.45) is 3.93. The first-order valence-corrected chi connectivity index (χ1v) is 11.1. The number of ether oxygens (including phenoxy) is 2. The Morgan fingerprint density at radius 1 is 1.39 bits per heavy atom. The molecule has 1 saturated heterocycles. The number of rotatable bonds is 8. The van der Waals surface area contributed by atoms with Gasteiger partial charge in [0, 0.05) is 37.6 Å². The van der Waals surface area contributed by atoms with E-state index in [0.717, 1.165) is 12.7 Å². The zero-order valence-electron chi connectivity index (χ0n) is 15.5. The minimum atomic E-state index is -3.64. The van der Waals surface area contributed by atoms with Gasteiger partial charge in [0.2, 0.25) is 5.78 Å². The molecule has 1 fully saturated rings. The molecule has 28 heavy (non-hydrogen) atoms. The maximum absolute atomic E-state index is 12.8. The number of aromatic nitrogens is 2. The van der Waals surface area contributed by atoms with Crippen molar-refractivity contribution < 1.29 is 22.7 Å². The van der Waals surface area contributed by atoms with Crippen molar-refractivity contribution in [2.24, 2.45) is 0 Å². The van der Waals surface area contributed by atoms with Crippen LogP contribution in [-0.2, 0) is 21.1 Å². The first-order chi connectivity index (χ1) is 13.2. The van der Waals surface area contributed by atoms with Crippen molar-refractivity contribution in [3.05, 3.63) is 44.8 Å². The summed E-state index contributed by atoms with van der Waals surface area (Å²) in [7, 11) is -3.64. The molecule has 1 unspecified atom stereocenters. The standard InChI is InChI=1S/C18H21ClN2O6S/c1-3-21-18(23)13(10-20-21)16(22)12-4-5-14(28(2,24)25)17(15(12)19)27-9-7-11-6-8-26-11/h4-5,10-11,20H,3,6-9H2,1-2H3. The highest BCUT2D eigenvalue weighted by molar-refractivity contribution is 7.90. The van der Waals surface area contributed by atoms with E-state index in [2.05, 4.69) is 5.10 Å². The number of ketones is 1. The van der Waals surface area contributed by atoms with E-state index in [4.69, 9.17) is 21.1 Å². The van der Waals surface area contributed by atoms with Crippen LogP contribution in [0.2, 0.25) is 5.02 Å². The van der Waals surface area contributed by atoms with Crippen LogP contribution >= 0.6 is 11.6 Å². The van der Waals surface area contributed by atoms with E-state index in [-0.39, 0.29) is 39.5 Å². The predicted octanol–water partition coefficient (Wildman–Crippen LogP) is 2.04. The second-order valence-corrected chi connectivity index (χ2v) is 8.87. The van der Waals surface area contributed by atoms with Gasteiger partial charge in [0.1, 0.15) is 10.5 Å². The summed E-state index contributed by atoms with van der Waals surface area (Å²) in [4.78, 5) is 25.0. The van der Waals surface area contributed by atoms with E-state index in [9.17, 15) is 18.0 Å². The molecule has 0 aliphatic carbocycles. The minimum Gasteiger partial charge on any atom is -0.491 e. The van der Waals surface area contributed by atoms with Crippen molar-refractivity contribution in [3.8, 4) is 5.75 Å². The van der Waals surface area contributed by atoms with Crippen molar-refractivity contribution in [1.82, 2.24) is 9.78 Å². The van der Waals surface area contributed by atoms with E-state index >= 15 is 0 Å². The smallest absolute Gasteiger partial charge is 0.277 e. The molecule has 2 heterocycles. The molecule has 1 aliphatic heterocycles. The second kappa shape index (κ2) is 8.10. The normalized spacial score (nSPS) is 16.6. The summed E-state index contributed by atoms with van der Waals surface area (Å²) in [6, 6.07) is 2.57. The van der Waals surface area contributed by atoms with Crippen LogP contribution in [0.4, 0.5) is 0 Å². The zero-order valence-corrected chi connectivity index (χ0v) is 17.1. The first-order valence-electron chi connectivity index (χ1n) is 8.84. The van der Waals surface area contributed by atoms with Crippen molar-refractivity contribution in [3.63, 3.8) is 0 Å². The molecule has 0 saturated carbocycles. The van der Waals surface area contributed by atoms with E-state index in [1.165, 1.54) is 23.0 Å². The van der Waals surface area contributed by atoms with Crippen LogP contribution in [0, 0.1) is 0 Å². The Bertz CT molecular complexity index is 1050. The number of carbonyl (C=O) groups is 1. The van der Waals surface area contributed by atoms with Crippen LogP contribution in [0.15, 0.2) is 28.0 Å². The molecule has 1 atom stereocenters. The second-order valence-electron chi connectivity index (χ2n) is 6.51. The lowest BCUT2D eigenvalue weighted by molar-refractivity contribution is -0.0597. The van der Waals surface area contributed by atoms with E-state index < -0.39 is 21.2 Å². The number of carbonyl (C=O) groups excluding carboxylic acids is 1. The Hall–Kier alpha value is -2.10. The lowest BCUT2D eigenvalue weighted by Crippen LogP contribution is -2.28. The molecule has 10 heteroatoms. The van der Waals surface area contributed by atoms with Gasteiger partial charge in [-0.15, -0.1) is 0 Å². The molecule has 2 aromatic rings. The van der Waals surface area contributed by atoms with Crippen LogP contribution in [-0.4, -0.2) is 49.6 Å². The van der Waals surface area contributed by atoms with Gasteiger partial charge in [0.05, 0.1) is 17.7 Å². The highest BCUT2D eigenvalue weighted by Gasteiger charge is 2.26. The van der Waals surface area contributed by atoms with Gasteiger partial charge in [-0.25, -0.2) is 8.42 Å². The van der Waals surface area contributed by atoms with Crippen LogP contribution in [0.5, 0.6) is 5.75 Å². The van der Waals surface area contributed by atoms with Crippen molar-refractivity contribution in [2.75, 3.05) is 19.5 Å². The molecule has 1 aromatic carbocycles. The molecular formula is C18H21ClN2O6S. The maximum atomic E-state index is 12.8. The quantitative estimate of drug-likeness (QED) is 0.644. The van der Waals surface area contributed by atoms with E-state index in [1.807, 2.05) is 0 Å². The maximum Gasteiger partial charge on any atom is 0.277 e. The Morgan fingerprint density at radius 3 is 2.64 bits per heavy atom. The Kier molecular flexibility index (Phi) is 5.97. The van der Waals surface area contributed by atoms with Gasteiger partial charge in [0.15, 0.2) is 15.6 Å². The zero-order chi connectivity index (χ0) is 20.5. The number of H-pyrrole nitrogens is 1. The lowest BCUT2D eigenvalue weighted by atomic mass is 10.1. The summed E-state index contributed by atoms with van der Waals surface area (Å²) in [5, 5.41) is 2.57. The summed E-state index contributed by atoms with van der Waals surface area (Å²) in [6.45, 7) is 3.04. The number of halogens is 1. The van der Waals surface area contributed by atoms with Crippen molar-refractivity contribution >= 4 is 27.2 Å². The molecule has 1 aliphatic rings. The molecule has 152 valence electrons. The van der Waals surface area contributed by atoms with Gasteiger partial charge >= 0.3 is 0 Å². The summed E-state index contributed by atoms with van der Waals surface area (Å²) >= 11 is 6.36. The fourth-order valence-electron chi connectivity index (χ4n) is 2.90. The number of hydrogen-bond donors (Lipinski definition) is 1. The number of nitrogens with one attached hydrogen (secondary N) is 1. The monoisotopic (exact) mass is 428 g/mol. The van der Waals surface area contributed by atoms with Crippen LogP contribution < -0.4 is 10.3 Å². The van der Waals surface area contributed by atoms with Crippen molar-refractivity contribution in [2.45, 2.75) is 37.3 Å². The first kappa shape index (κ1) is 20.6. The Balaban J connectivity index is 1.97. The summed E-state index contributed by atoms with van der Waals surface area (Å²) in [5.41, 5.74) is -0.548. The molecule has 0 radical (unpaired) electrons. The molecule has 1 aromatic heterocycles. The average molecular weight is 429 g/mol. The molecule has 8 nitrogen and oxygen atoms in total. The SMILES string of the molecule is CCn1[nH]cc(C(=O)c2ccc(S(C)(=O)=O)c(OCCC3CCO3)c2Cl)c1=O. The minimum absolute atomic E-state index is 0.00307. The average Bonchev–Trinajstić information content (AvgIpc) is 2.97. The van der Waals surface area contributed by atoms with Gasteiger partial charge in [-0.3, -0.25) is 14.3 Å². The summed E-state index contributed by atoms with van der Waals surface area (Å²) < 4.78 is 36.5. The van der Waals surface area contributed by atoms with Gasteiger partial charge in [-0.2, -0.15) is 0 Å². The number of aromatic amines is 1. The van der Waals surface area contributed by atoms with Crippen molar-refractivity contribution in [1.29, 1.82) is 0 Å². The van der Waals surface area contributed by atoms with Gasteiger partial charge in [-0.1, -0.05) is 11.6 Å². The molecule has 3 rings (SSSR count). The lowest BCUT2D eigenvalue weighted by Gasteiger charge is -2.26. The fraction of sp³-hybridized carbons (Fsp3) is 0.444. The fourth-order valence-corrected chi connectivity index (χ4v) is 4.07. The van der Waals surface area contributed by atoms with Crippen LogP contribution in [0.3, 0.4) is 0 Å². The summed E-state index contributed by atoms with van der Waals surface area (Å²) in [5.74, 6) is -0.689.